The molecular weight excluding hydrogens is 319 g/mol. The monoisotopic (exact) mass is 336 g/mol. The van der Waals surface area contributed by atoms with Crippen LogP contribution in [0.4, 0.5) is 4.39 Å². The number of nitrogens with one attached hydrogen (secondary N) is 1. The van der Waals surface area contributed by atoms with E-state index in [4.69, 9.17) is 5.11 Å². The van der Waals surface area contributed by atoms with E-state index >= 15 is 0 Å². The first kappa shape index (κ1) is 17.1. The summed E-state index contributed by atoms with van der Waals surface area (Å²) in [6.45, 7) is 5.59. The van der Waals surface area contributed by atoms with Crippen LogP contribution in [-0.2, 0) is 5.54 Å². The van der Waals surface area contributed by atoms with Crippen LogP contribution in [0.2, 0.25) is 0 Å². The summed E-state index contributed by atoms with van der Waals surface area (Å²) in [6, 6.07) is 3.22. The molecule has 0 aliphatic heterocycles. The second-order valence-electron chi connectivity index (χ2n) is 5.43. The van der Waals surface area contributed by atoms with Crippen LogP contribution in [-0.4, -0.2) is 22.0 Å². The number of hydrogen-bond donors (Lipinski definition) is 2. The largest absolute Gasteiger partial charge is 0.478 e. The number of carbonyl (C=O) groups is 2. The van der Waals surface area contributed by atoms with Gasteiger partial charge in [0.25, 0.3) is 5.91 Å². The van der Waals surface area contributed by atoms with Gasteiger partial charge in [-0.1, -0.05) is 6.92 Å². The zero-order valence-corrected chi connectivity index (χ0v) is 13.8. The molecule has 0 saturated heterocycles. The zero-order chi connectivity index (χ0) is 17.2. The van der Waals surface area contributed by atoms with Gasteiger partial charge in [0.1, 0.15) is 10.8 Å². The molecule has 5 nitrogen and oxygen atoms in total. The van der Waals surface area contributed by atoms with Crippen molar-refractivity contribution < 1.29 is 19.1 Å². The smallest absolute Gasteiger partial charge is 0.335 e. The molecule has 1 amide bonds. The Kier molecular flexibility index (Phi) is 4.79. The van der Waals surface area contributed by atoms with Crippen LogP contribution in [0.25, 0.3) is 0 Å². The lowest BCUT2D eigenvalue weighted by atomic mass is 9.98. The molecule has 0 radical (unpaired) electrons. The van der Waals surface area contributed by atoms with E-state index in [9.17, 15) is 14.0 Å². The minimum atomic E-state index is -1.24. The molecule has 2 aromatic rings. The Morgan fingerprint density at radius 2 is 2.13 bits per heavy atom. The highest BCUT2D eigenvalue weighted by Crippen LogP contribution is 2.28. The lowest BCUT2D eigenvalue weighted by Crippen LogP contribution is -2.43. The number of aromatic carboxylic acids is 1. The van der Waals surface area contributed by atoms with Crippen molar-refractivity contribution in [2.75, 3.05) is 0 Å². The van der Waals surface area contributed by atoms with E-state index in [2.05, 4.69) is 10.3 Å². The van der Waals surface area contributed by atoms with Crippen molar-refractivity contribution in [1.29, 1.82) is 0 Å². The first-order chi connectivity index (χ1) is 10.8. The average Bonchev–Trinajstić information content (AvgIpc) is 2.94. The Hall–Kier alpha value is -2.28. The lowest BCUT2D eigenvalue weighted by molar-refractivity contribution is 0.0695. The molecule has 0 bridgehead atoms. The van der Waals surface area contributed by atoms with E-state index < -0.39 is 23.2 Å². The fraction of sp³-hybridized carbons (Fsp3) is 0.312. The number of rotatable bonds is 5. The van der Waals surface area contributed by atoms with Gasteiger partial charge in [0, 0.05) is 11.1 Å². The molecule has 7 heteroatoms. The summed E-state index contributed by atoms with van der Waals surface area (Å²) in [4.78, 5) is 27.6. The third-order valence-electron chi connectivity index (χ3n) is 3.65. The van der Waals surface area contributed by atoms with Gasteiger partial charge in [-0.2, -0.15) is 0 Å². The Morgan fingerprint density at radius 3 is 2.61 bits per heavy atom. The summed E-state index contributed by atoms with van der Waals surface area (Å²) in [5.74, 6) is -2.71. The number of thiazole rings is 1. The van der Waals surface area contributed by atoms with Crippen molar-refractivity contribution in [3.05, 3.63) is 51.2 Å². The summed E-state index contributed by atoms with van der Waals surface area (Å²) in [5, 5.41) is 14.3. The number of nitrogens with zero attached hydrogens (tertiary/aromatic N) is 1. The van der Waals surface area contributed by atoms with Crippen LogP contribution in [0.15, 0.2) is 23.6 Å². The molecule has 1 atom stereocenters. The molecule has 2 rings (SSSR count). The maximum atomic E-state index is 14.0. The number of halogens is 1. The highest BCUT2D eigenvalue weighted by atomic mass is 32.1. The van der Waals surface area contributed by atoms with Crippen LogP contribution in [0, 0.1) is 12.7 Å². The molecule has 1 unspecified atom stereocenters. The summed E-state index contributed by atoms with van der Waals surface area (Å²) < 4.78 is 14.0. The molecule has 1 heterocycles. The molecule has 0 saturated carbocycles. The lowest BCUT2D eigenvalue weighted by Gasteiger charge is -2.27. The van der Waals surface area contributed by atoms with Gasteiger partial charge in [-0.15, -0.1) is 11.3 Å². The molecule has 23 heavy (non-hydrogen) atoms. The highest BCUT2D eigenvalue weighted by molar-refractivity contribution is 7.09. The summed E-state index contributed by atoms with van der Waals surface area (Å²) in [7, 11) is 0. The van der Waals surface area contributed by atoms with Crippen LogP contribution < -0.4 is 5.32 Å². The SMILES string of the molecule is CCC(C)(NC(=O)c1ccc(C(=O)O)cc1F)c1nc(C)cs1. The number of carboxylic acids is 1. The van der Waals surface area contributed by atoms with Crippen molar-refractivity contribution in [3.8, 4) is 0 Å². The number of amides is 1. The molecular formula is C16H17FN2O3S. The summed E-state index contributed by atoms with van der Waals surface area (Å²) in [5.41, 5.74) is -0.250. The van der Waals surface area contributed by atoms with Gasteiger partial charge in [0.2, 0.25) is 0 Å². The zero-order valence-electron chi connectivity index (χ0n) is 13.0. The topological polar surface area (TPSA) is 79.3 Å². The molecule has 0 aliphatic carbocycles. The fourth-order valence-corrected chi connectivity index (χ4v) is 3.04. The van der Waals surface area contributed by atoms with Crippen LogP contribution in [0.5, 0.6) is 0 Å². The van der Waals surface area contributed by atoms with Crippen molar-refractivity contribution in [2.24, 2.45) is 0 Å². The minimum Gasteiger partial charge on any atom is -0.478 e. The van der Waals surface area contributed by atoms with Gasteiger partial charge in [0.05, 0.1) is 16.7 Å². The van der Waals surface area contributed by atoms with Gasteiger partial charge in [-0.25, -0.2) is 14.2 Å². The molecule has 122 valence electrons. The Labute approximate surface area is 137 Å². The first-order valence-electron chi connectivity index (χ1n) is 7.05. The Morgan fingerprint density at radius 1 is 1.43 bits per heavy atom. The van der Waals surface area contributed by atoms with Gasteiger partial charge < -0.3 is 10.4 Å². The standard InChI is InChI=1S/C16H17FN2O3S/c1-4-16(3,15-18-9(2)8-23-15)19-13(20)11-6-5-10(14(21)22)7-12(11)17/h5-8H,4H2,1-3H3,(H,19,20)(H,21,22). The molecule has 0 spiro atoms. The Balaban J connectivity index is 2.28. The predicted octanol–water partition coefficient (Wildman–Crippen LogP) is 3.34. The molecule has 2 N–H and O–H groups in total. The van der Waals surface area contributed by atoms with E-state index in [1.165, 1.54) is 23.5 Å². The fourth-order valence-electron chi connectivity index (χ4n) is 2.05. The van der Waals surface area contributed by atoms with Crippen LogP contribution in [0.1, 0.15) is 51.7 Å². The van der Waals surface area contributed by atoms with Crippen molar-refractivity contribution in [1.82, 2.24) is 10.3 Å². The summed E-state index contributed by atoms with van der Waals surface area (Å²) in [6.07, 6.45) is 0.584. The van der Waals surface area contributed by atoms with Crippen molar-refractivity contribution >= 4 is 23.2 Å². The number of carboxylic acid groups (broad SMARTS) is 1. The van der Waals surface area contributed by atoms with Crippen LogP contribution in [0.3, 0.4) is 0 Å². The van der Waals surface area contributed by atoms with E-state index in [0.717, 1.165) is 16.8 Å². The molecule has 0 fully saturated rings. The predicted molar refractivity (Wildman–Crippen MR) is 85.3 cm³/mol. The van der Waals surface area contributed by atoms with Crippen LogP contribution >= 0.6 is 11.3 Å². The van der Waals surface area contributed by atoms with E-state index in [0.29, 0.717) is 6.42 Å². The highest BCUT2D eigenvalue weighted by Gasteiger charge is 2.31. The van der Waals surface area contributed by atoms with E-state index in [1.54, 1.807) is 0 Å². The van der Waals surface area contributed by atoms with E-state index in [1.807, 2.05) is 26.2 Å². The third kappa shape index (κ3) is 3.56. The van der Waals surface area contributed by atoms with Gasteiger partial charge >= 0.3 is 5.97 Å². The molecule has 0 aliphatic rings. The van der Waals surface area contributed by atoms with Gasteiger partial charge in [-0.3, -0.25) is 4.79 Å². The maximum absolute atomic E-state index is 14.0. The molecule has 1 aromatic heterocycles. The minimum absolute atomic E-state index is 0.192. The van der Waals surface area contributed by atoms with Gasteiger partial charge in [-0.05, 0) is 38.5 Å². The summed E-state index contributed by atoms with van der Waals surface area (Å²) >= 11 is 1.43. The number of carbonyl (C=O) groups excluding carboxylic acids is 1. The average molecular weight is 336 g/mol. The Bertz CT molecular complexity index is 760. The third-order valence-corrected chi connectivity index (χ3v) is 4.87. The second kappa shape index (κ2) is 6.45. The first-order valence-corrected chi connectivity index (χ1v) is 7.92. The quantitative estimate of drug-likeness (QED) is 0.877. The van der Waals surface area contributed by atoms with Crippen molar-refractivity contribution in [3.63, 3.8) is 0 Å². The molecule has 1 aromatic carbocycles. The maximum Gasteiger partial charge on any atom is 0.335 e. The van der Waals surface area contributed by atoms with Crippen molar-refractivity contribution in [2.45, 2.75) is 32.7 Å². The van der Waals surface area contributed by atoms with Gasteiger partial charge in [0.15, 0.2) is 0 Å². The number of aromatic nitrogens is 1. The number of aryl methyl sites for hydroxylation is 1. The normalized spacial score (nSPS) is 13.4. The van der Waals surface area contributed by atoms with E-state index in [-0.39, 0.29) is 11.1 Å². The second-order valence-corrected chi connectivity index (χ2v) is 6.29. The number of benzene rings is 1. The number of hydrogen-bond acceptors (Lipinski definition) is 4.